The summed E-state index contributed by atoms with van der Waals surface area (Å²) in [7, 11) is 0. The van der Waals surface area contributed by atoms with Gasteiger partial charge in [-0.1, -0.05) is 12.1 Å². The normalized spacial score (nSPS) is 13.9. The van der Waals surface area contributed by atoms with E-state index in [-0.39, 0.29) is 13.2 Å². The van der Waals surface area contributed by atoms with Gasteiger partial charge in [0.15, 0.2) is 11.3 Å². The zero-order valence-corrected chi connectivity index (χ0v) is 48.1. The van der Waals surface area contributed by atoms with Crippen LogP contribution in [0.4, 0.5) is 0 Å². The molecule has 2 aliphatic heterocycles. The predicted octanol–water partition coefficient (Wildman–Crippen LogP) is 6.05. The minimum Gasteiger partial charge on any atom is -0.478 e. The van der Waals surface area contributed by atoms with Gasteiger partial charge in [-0.2, -0.15) is 0 Å². The lowest BCUT2D eigenvalue weighted by molar-refractivity contribution is -0.134. The van der Waals surface area contributed by atoms with Crippen molar-refractivity contribution in [3.63, 3.8) is 0 Å². The fraction of sp³-hybridized carbons (Fsp3) is 0.323. The number of imidazole rings is 2. The molecule has 8 N–H and O–H groups in total. The highest BCUT2D eigenvalue weighted by Gasteiger charge is 2.25. The van der Waals surface area contributed by atoms with Crippen molar-refractivity contribution in [2.45, 2.75) is 77.7 Å². The Balaban J connectivity index is 0.000000206. The van der Waals surface area contributed by atoms with E-state index in [2.05, 4.69) is 63.1 Å². The summed E-state index contributed by atoms with van der Waals surface area (Å²) in [6, 6.07) is 27.6. The Labute approximate surface area is 504 Å². The number of carboxylic acids is 6. The van der Waals surface area contributed by atoms with E-state index in [1.807, 2.05) is 85.5 Å². The number of carbonyl (C=O) groups is 6. The number of aliphatic hydroxyl groups is 2. The lowest BCUT2D eigenvalue weighted by Crippen LogP contribution is -2.36. The highest BCUT2D eigenvalue weighted by molar-refractivity contribution is 5.90. The molecule has 0 bridgehead atoms. The number of furan rings is 2. The highest BCUT2D eigenvalue weighted by atomic mass is 16.4. The quantitative estimate of drug-likeness (QED) is 0.0358. The lowest BCUT2D eigenvalue weighted by Gasteiger charge is -2.31. The summed E-state index contributed by atoms with van der Waals surface area (Å²) in [5, 5.41) is 65.5. The molecule has 0 unspecified atom stereocenters. The number of likely N-dealkylation sites (tertiary alicyclic amines) is 2. The van der Waals surface area contributed by atoms with Crippen LogP contribution >= 0.6 is 0 Å². The average molecular weight is 1210 g/mol. The van der Waals surface area contributed by atoms with Crippen LogP contribution in [0.5, 0.6) is 0 Å². The molecule has 8 aromatic heterocycles. The van der Waals surface area contributed by atoms with Gasteiger partial charge in [0.25, 0.3) is 0 Å². The van der Waals surface area contributed by atoms with Gasteiger partial charge >= 0.3 is 35.8 Å². The van der Waals surface area contributed by atoms with Crippen LogP contribution in [-0.2, 0) is 80.8 Å². The van der Waals surface area contributed by atoms with Gasteiger partial charge in [-0.3, -0.25) is 9.97 Å². The predicted molar refractivity (Wildman–Crippen MR) is 317 cm³/mol. The Kier molecular flexibility index (Phi) is 27.0. The number of nitrogens with zero attached hydrogens (tertiary/aromatic N) is 10. The molecule has 26 heteroatoms. The Morgan fingerprint density at radius 1 is 0.432 bits per heavy atom. The van der Waals surface area contributed by atoms with E-state index in [9.17, 15) is 39.0 Å². The monoisotopic (exact) mass is 1210 g/mol. The molecule has 26 nitrogen and oxygen atoms in total. The van der Waals surface area contributed by atoms with E-state index in [0.29, 0.717) is 72.9 Å². The van der Waals surface area contributed by atoms with Gasteiger partial charge in [-0.05, 0) is 136 Å². The first-order valence-electron chi connectivity index (χ1n) is 28.1. The number of aliphatic hydroxyl groups excluding tert-OH is 2. The zero-order chi connectivity index (χ0) is 63.2. The van der Waals surface area contributed by atoms with Crippen LogP contribution in [0.3, 0.4) is 0 Å². The van der Waals surface area contributed by atoms with Crippen LogP contribution in [0.15, 0.2) is 155 Å². The fourth-order valence-electron chi connectivity index (χ4n) is 9.56. The number of piperidine rings is 2. The summed E-state index contributed by atoms with van der Waals surface area (Å²) in [6.45, 7) is 7.58. The molecule has 8 aromatic rings. The molecule has 2 aliphatic rings. The largest absolute Gasteiger partial charge is 0.478 e. The number of aliphatic carboxylic acids is 6. The maximum Gasteiger partial charge on any atom is 0.328 e. The lowest BCUT2D eigenvalue weighted by atomic mass is 9.93. The van der Waals surface area contributed by atoms with Gasteiger partial charge in [-0.25, -0.2) is 48.7 Å². The van der Waals surface area contributed by atoms with Gasteiger partial charge in [0.05, 0.1) is 13.1 Å². The number of pyridine rings is 4. The van der Waals surface area contributed by atoms with E-state index < -0.39 is 35.8 Å². The first kappa shape index (κ1) is 67.1. The number of hydrogen-bond donors (Lipinski definition) is 8. The van der Waals surface area contributed by atoms with E-state index in [1.54, 1.807) is 0 Å². The Bertz CT molecular complexity index is 3280. The van der Waals surface area contributed by atoms with Gasteiger partial charge < -0.3 is 68.6 Å². The minimum absolute atomic E-state index is 0.0886. The molecular weight excluding hydrogens is 1140 g/mol. The first-order chi connectivity index (χ1) is 42.4. The SMILES string of the molecule is O=C(O)C=CC(=O)O.O=C(O)C=CC(=O)O.O=C(O)C=CC(=O)O.OCc1ccc(Cn2c(CC3CCN(CCc4ccccn4)CC3)nc3cccnc32)o1.OCc1ccc(Cn2c(CC3CCN(CCc4ccccn4)CC3)nc3cccnc32)o1. The molecule has 2 fully saturated rings. The van der Waals surface area contributed by atoms with Crippen LogP contribution in [0.25, 0.3) is 22.3 Å². The smallest absolute Gasteiger partial charge is 0.328 e. The molecule has 88 heavy (non-hydrogen) atoms. The maximum absolute atomic E-state index is 9.55. The number of aromatic nitrogens is 8. The topological polar surface area (TPSA) is 384 Å². The average Bonchev–Trinajstić information content (AvgIpc) is 2.82. The molecule has 0 saturated carbocycles. The van der Waals surface area contributed by atoms with Crippen molar-refractivity contribution in [2.75, 3.05) is 39.3 Å². The van der Waals surface area contributed by atoms with E-state index >= 15 is 0 Å². The van der Waals surface area contributed by atoms with Crippen LogP contribution in [0.2, 0.25) is 0 Å². The number of rotatable bonds is 22. The van der Waals surface area contributed by atoms with Crippen molar-refractivity contribution < 1.29 is 78.5 Å². The fourth-order valence-corrected chi connectivity index (χ4v) is 9.56. The van der Waals surface area contributed by atoms with Gasteiger partial charge in [0.2, 0.25) is 0 Å². The van der Waals surface area contributed by atoms with Gasteiger partial charge in [0, 0.05) is 111 Å². The molecule has 0 radical (unpaired) electrons. The molecule has 0 spiro atoms. The molecule has 0 amide bonds. The minimum atomic E-state index is -1.26. The first-order valence-corrected chi connectivity index (χ1v) is 28.1. The second kappa shape index (κ2) is 35.4. The summed E-state index contributed by atoms with van der Waals surface area (Å²) in [5.74, 6) is -1.41. The van der Waals surface area contributed by atoms with Gasteiger partial charge in [0.1, 0.15) is 58.9 Å². The molecule has 2 saturated heterocycles. The Morgan fingerprint density at radius 3 is 1.06 bits per heavy atom. The molecule has 10 heterocycles. The second-order valence-electron chi connectivity index (χ2n) is 20.1. The van der Waals surface area contributed by atoms with E-state index in [4.69, 9.17) is 49.4 Å². The van der Waals surface area contributed by atoms with Crippen molar-refractivity contribution >= 4 is 58.1 Å². The molecule has 0 atom stereocenters. The van der Waals surface area contributed by atoms with Crippen molar-refractivity contribution in [1.82, 2.24) is 48.8 Å². The zero-order valence-electron chi connectivity index (χ0n) is 48.1. The maximum atomic E-state index is 9.55. The highest BCUT2D eigenvalue weighted by Crippen LogP contribution is 2.27. The summed E-state index contributed by atoms with van der Waals surface area (Å²) in [6.07, 6.45) is 19.3. The van der Waals surface area contributed by atoms with Crippen molar-refractivity contribution in [1.29, 1.82) is 0 Å². The second-order valence-corrected chi connectivity index (χ2v) is 20.1. The number of hydrogen-bond acceptors (Lipinski definition) is 18. The van der Waals surface area contributed by atoms with Crippen molar-refractivity contribution in [2.24, 2.45) is 11.8 Å². The third kappa shape index (κ3) is 23.4. The molecular formula is C62H70N10O16. The third-order valence-corrected chi connectivity index (χ3v) is 13.8. The summed E-state index contributed by atoms with van der Waals surface area (Å²) >= 11 is 0. The van der Waals surface area contributed by atoms with Crippen LogP contribution in [-0.4, -0.2) is 165 Å². The third-order valence-electron chi connectivity index (χ3n) is 13.8. The van der Waals surface area contributed by atoms with Crippen LogP contribution in [0, 0.1) is 11.8 Å². The molecule has 0 aliphatic carbocycles. The Morgan fingerprint density at radius 2 is 0.761 bits per heavy atom. The number of fused-ring (bicyclic) bond motifs is 2. The molecule has 464 valence electrons. The standard InChI is InChI=1S/2C25H29N5O2.3C4H4O4/c2*31-18-22-7-6-21(32-22)17-30-24(28-23-5-3-12-27-25(23)30)16-19-8-13-29(14-9-19)15-10-20-4-1-2-11-26-20;3*5-3(6)1-2-4(7)8/h2*1-7,11-12,19,31H,8-10,13-18H2;3*1-2H,(H,5,6)(H,7,8). The summed E-state index contributed by atoms with van der Waals surface area (Å²) in [4.78, 5) is 90.3. The Hall–Kier alpha value is -10.0. The molecule has 0 aromatic carbocycles. The van der Waals surface area contributed by atoms with Crippen molar-refractivity contribution in [3.8, 4) is 0 Å². The summed E-state index contributed by atoms with van der Waals surface area (Å²) in [5.41, 5.74) is 5.94. The summed E-state index contributed by atoms with van der Waals surface area (Å²) < 4.78 is 15.8. The van der Waals surface area contributed by atoms with Gasteiger partial charge in [-0.15, -0.1) is 0 Å². The van der Waals surface area contributed by atoms with Crippen molar-refractivity contribution in [3.05, 3.63) is 192 Å². The van der Waals surface area contributed by atoms with Crippen LogP contribution in [0.1, 0.15) is 71.8 Å². The van der Waals surface area contributed by atoms with Crippen LogP contribution < -0.4 is 0 Å². The number of carboxylic acid groups (broad SMARTS) is 6. The van der Waals surface area contributed by atoms with E-state index in [1.165, 1.54) is 25.7 Å². The molecule has 10 rings (SSSR count). The van der Waals surface area contributed by atoms with E-state index in [0.717, 1.165) is 122 Å².